The van der Waals surface area contributed by atoms with Crippen LogP contribution in [0.1, 0.15) is 30.5 Å². The van der Waals surface area contributed by atoms with Gasteiger partial charge in [-0.15, -0.1) is 0 Å². The van der Waals surface area contributed by atoms with Crippen molar-refractivity contribution in [3.05, 3.63) is 118 Å². The molecule has 3 aromatic rings. The zero-order valence-electron chi connectivity index (χ0n) is 22.7. The van der Waals surface area contributed by atoms with Gasteiger partial charge in [-0.3, -0.25) is 0 Å². The Balaban J connectivity index is 1.72. The van der Waals surface area contributed by atoms with Gasteiger partial charge in [0.2, 0.25) is 0 Å². The van der Waals surface area contributed by atoms with Gasteiger partial charge in [-0.05, 0) is 28.1 Å². The Kier molecular flexibility index (Phi) is 10.7. The van der Waals surface area contributed by atoms with E-state index in [0.717, 1.165) is 16.7 Å². The standard InChI is InChI=1S/C31H35N3O6/c1-21(2)25(33-34-32)26-27(37-18-22-12-6-3-7-13-22)28(38-19-23-14-8-4-9-15-23)29(30(40-26)31(35)36)39-20-24-16-10-5-11-17-24/h3-17,21,25-30H,18-20H2,1-2H3,(H,35,36)/t25-,26-,27-,28+,29-,30-/m0/s1. The third kappa shape index (κ3) is 7.69. The van der Waals surface area contributed by atoms with Crippen molar-refractivity contribution in [1.29, 1.82) is 0 Å². The number of ether oxygens (including phenoxy) is 4. The lowest BCUT2D eigenvalue weighted by Crippen LogP contribution is -2.64. The first-order valence-corrected chi connectivity index (χ1v) is 13.4. The van der Waals surface area contributed by atoms with Crippen molar-refractivity contribution < 1.29 is 28.8 Å². The summed E-state index contributed by atoms with van der Waals surface area (Å²) in [7, 11) is 0. The Hall–Kier alpha value is -3.72. The summed E-state index contributed by atoms with van der Waals surface area (Å²) in [6.07, 6.45) is -4.91. The topological polar surface area (TPSA) is 123 Å². The predicted octanol–water partition coefficient (Wildman–Crippen LogP) is 5.93. The van der Waals surface area contributed by atoms with E-state index in [1.807, 2.05) is 105 Å². The highest BCUT2D eigenvalue weighted by Crippen LogP contribution is 2.34. The van der Waals surface area contributed by atoms with Gasteiger partial charge < -0.3 is 24.1 Å². The number of nitrogens with zero attached hydrogens (tertiary/aromatic N) is 3. The minimum absolute atomic E-state index is 0.157. The predicted molar refractivity (Wildman–Crippen MR) is 149 cm³/mol. The summed E-state index contributed by atoms with van der Waals surface area (Å²) >= 11 is 0. The van der Waals surface area contributed by atoms with Gasteiger partial charge in [0, 0.05) is 4.91 Å². The second-order valence-electron chi connectivity index (χ2n) is 10.1. The first-order valence-electron chi connectivity index (χ1n) is 13.4. The molecule has 1 aliphatic rings. The molecule has 1 saturated heterocycles. The van der Waals surface area contributed by atoms with Crippen LogP contribution >= 0.6 is 0 Å². The van der Waals surface area contributed by atoms with Gasteiger partial charge in [0.15, 0.2) is 6.10 Å². The van der Waals surface area contributed by atoms with Crippen LogP contribution in [0.2, 0.25) is 0 Å². The summed E-state index contributed by atoms with van der Waals surface area (Å²) < 4.78 is 25.4. The van der Waals surface area contributed by atoms with Crippen molar-refractivity contribution in [2.75, 3.05) is 0 Å². The lowest BCUT2D eigenvalue weighted by Gasteiger charge is -2.47. The molecule has 0 radical (unpaired) electrons. The maximum absolute atomic E-state index is 12.6. The molecule has 0 spiro atoms. The Morgan fingerprint density at radius 1 is 0.800 bits per heavy atom. The van der Waals surface area contributed by atoms with Gasteiger partial charge in [0.1, 0.15) is 18.3 Å². The maximum Gasteiger partial charge on any atom is 0.335 e. The first-order chi connectivity index (χ1) is 19.5. The summed E-state index contributed by atoms with van der Waals surface area (Å²) in [4.78, 5) is 15.6. The molecule has 3 aromatic carbocycles. The van der Waals surface area contributed by atoms with E-state index in [1.165, 1.54) is 0 Å². The molecule has 9 heteroatoms. The average Bonchev–Trinajstić information content (AvgIpc) is 2.98. The number of hydrogen-bond donors (Lipinski definition) is 1. The van der Waals surface area contributed by atoms with Crippen LogP contribution in [-0.4, -0.2) is 47.6 Å². The van der Waals surface area contributed by atoms with Crippen LogP contribution in [0, 0.1) is 5.92 Å². The van der Waals surface area contributed by atoms with E-state index >= 15 is 0 Å². The lowest BCUT2D eigenvalue weighted by molar-refractivity contribution is -0.269. The fourth-order valence-electron chi connectivity index (χ4n) is 4.84. The number of rotatable bonds is 13. The van der Waals surface area contributed by atoms with Crippen molar-refractivity contribution in [3.63, 3.8) is 0 Å². The van der Waals surface area contributed by atoms with Crippen molar-refractivity contribution in [3.8, 4) is 0 Å². The van der Waals surface area contributed by atoms with Crippen LogP contribution in [0.4, 0.5) is 0 Å². The third-order valence-corrected chi connectivity index (χ3v) is 6.88. The molecule has 1 fully saturated rings. The van der Waals surface area contributed by atoms with Crippen LogP contribution in [0.3, 0.4) is 0 Å². The van der Waals surface area contributed by atoms with E-state index < -0.39 is 42.5 Å². The number of aliphatic carboxylic acids is 1. The monoisotopic (exact) mass is 545 g/mol. The minimum atomic E-state index is -1.37. The van der Waals surface area contributed by atoms with Gasteiger partial charge in [-0.2, -0.15) is 0 Å². The number of azide groups is 1. The molecule has 4 rings (SSSR count). The van der Waals surface area contributed by atoms with Gasteiger partial charge in [-0.25, -0.2) is 4.79 Å². The van der Waals surface area contributed by atoms with E-state index in [-0.39, 0.29) is 25.7 Å². The quantitative estimate of drug-likeness (QED) is 0.161. The normalized spacial score (nSPS) is 23.3. The highest BCUT2D eigenvalue weighted by atomic mass is 16.6. The number of benzene rings is 3. The molecule has 0 bridgehead atoms. The molecule has 1 aliphatic heterocycles. The van der Waals surface area contributed by atoms with Crippen LogP contribution in [0.25, 0.3) is 10.4 Å². The zero-order chi connectivity index (χ0) is 28.3. The van der Waals surface area contributed by atoms with Crippen molar-refractivity contribution in [1.82, 2.24) is 0 Å². The summed E-state index contributed by atoms with van der Waals surface area (Å²) in [6.45, 7) is 4.37. The van der Waals surface area contributed by atoms with Gasteiger partial charge in [0.25, 0.3) is 0 Å². The van der Waals surface area contributed by atoms with Crippen molar-refractivity contribution >= 4 is 5.97 Å². The summed E-state index contributed by atoms with van der Waals surface area (Å²) in [5.74, 6) is -1.35. The van der Waals surface area contributed by atoms with E-state index in [1.54, 1.807) is 0 Å². The summed E-state index contributed by atoms with van der Waals surface area (Å²) in [6, 6.07) is 28.0. The van der Waals surface area contributed by atoms with Gasteiger partial charge >= 0.3 is 5.97 Å². The van der Waals surface area contributed by atoms with E-state index in [0.29, 0.717) is 0 Å². The van der Waals surface area contributed by atoms with Crippen LogP contribution in [0.15, 0.2) is 96.1 Å². The molecule has 9 nitrogen and oxygen atoms in total. The van der Waals surface area contributed by atoms with Crippen molar-refractivity contribution in [2.24, 2.45) is 11.0 Å². The molecule has 0 aliphatic carbocycles. The van der Waals surface area contributed by atoms with Crippen molar-refractivity contribution in [2.45, 2.75) is 70.2 Å². The molecule has 6 atom stereocenters. The molecule has 40 heavy (non-hydrogen) atoms. The lowest BCUT2D eigenvalue weighted by atomic mass is 9.86. The highest BCUT2D eigenvalue weighted by molar-refractivity contribution is 5.73. The molecule has 0 amide bonds. The third-order valence-electron chi connectivity index (χ3n) is 6.88. The fraction of sp³-hybridized carbons (Fsp3) is 0.387. The smallest absolute Gasteiger partial charge is 0.335 e. The number of carboxylic acids is 1. The molecule has 1 heterocycles. The van der Waals surface area contributed by atoms with Crippen LogP contribution < -0.4 is 0 Å². The van der Waals surface area contributed by atoms with E-state index in [4.69, 9.17) is 18.9 Å². The Morgan fingerprint density at radius 3 is 1.62 bits per heavy atom. The number of carboxylic acid groups (broad SMARTS) is 1. The molecular formula is C31H35N3O6. The van der Waals surface area contributed by atoms with Gasteiger partial charge in [-0.1, -0.05) is 110 Å². The Labute approximate surface area is 234 Å². The summed E-state index contributed by atoms with van der Waals surface area (Å²) in [5.41, 5.74) is 12.1. The zero-order valence-corrected chi connectivity index (χ0v) is 22.7. The largest absolute Gasteiger partial charge is 0.479 e. The minimum Gasteiger partial charge on any atom is -0.479 e. The highest BCUT2D eigenvalue weighted by Gasteiger charge is 2.53. The Morgan fingerprint density at radius 2 is 1.23 bits per heavy atom. The number of hydrogen-bond acceptors (Lipinski definition) is 6. The van der Waals surface area contributed by atoms with Crippen LogP contribution in [-0.2, 0) is 43.6 Å². The Bertz CT molecular complexity index is 1240. The van der Waals surface area contributed by atoms with E-state index in [9.17, 15) is 15.4 Å². The molecular weight excluding hydrogens is 510 g/mol. The SMILES string of the molecule is CC(C)[C@H](N=[N+]=[N-])[C@@H]1O[C@H](C(=O)O)[C@@H](OCc2ccccc2)[C@H](OCc2ccccc2)[C@H]1OCc1ccccc1. The molecule has 0 aromatic heterocycles. The molecule has 0 unspecified atom stereocenters. The maximum atomic E-state index is 12.6. The van der Waals surface area contributed by atoms with Crippen LogP contribution in [0.5, 0.6) is 0 Å². The van der Waals surface area contributed by atoms with Gasteiger partial charge in [0.05, 0.1) is 32.0 Å². The second-order valence-corrected chi connectivity index (χ2v) is 10.1. The molecule has 0 saturated carbocycles. The van der Waals surface area contributed by atoms with E-state index in [2.05, 4.69) is 10.0 Å². The average molecular weight is 546 g/mol. The summed E-state index contributed by atoms with van der Waals surface area (Å²) in [5, 5.41) is 14.3. The molecule has 210 valence electrons. The first kappa shape index (κ1) is 29.3. The number of carbonyl (C=O) groups is 1. The second kappa shape index (κ2) is 14.6. The fourth-order valence-corrected chi connectivity index (χ4v) is 4.84. The molecule has 1 N–H and O–H groups in total.